The monoisotopic (exact) mass is 816 g/mol. The zero-order valence-electron chi connectivity index (χ0n) is 37.3. The summed E-state index contributed by atoms with van der Waals surface area (Å²) in [6.45, 7) is 23.8. The van der Waals surface area contributed by atoms with Gasteiger partial charge in [0.15, 0.2) is 0 Å². The van der Waals surface area contributed by atoms with Crippen molar-refractivity contribution < 1.29 is 18.7 Å². The van der Waals surface area contributed by atoms with E-state index in [1.54, 1.807) is 0 Å². The van der Waals surface area contributed by atoms with E-state index in [0.29, 0.717) is 19.6 Å². The number of rotatable bonds is 16. The number of ether oxygens (including phenoxy) is 1. The summed E-state index contributed by atoms with van der Waals surface area (Å²) in [6, 6.07) is 43.8. The van der Waals surface area contributed by atoms with Crippen LogP contribution in [-0.4, -0.2) is 52.8 Å². The fraction of sp³-hybridized carbons (Fsp3) is 0.462. The SMILES string of the molecule is CC(C)=CCC(O)C(C)CCC[C@]1(C)OCC(=CCO[Si](c2ccccc2)(c2ccccc2)C(C)(C)C)CC[C@H]1O[Si](c1ccccc1)(c1ccccc1)C(C)(C)C. The molecule has 1 saturated heterocycles. The molecule has 1 N–H and O–H groups in total. The van der Waals surface area contributed by atoms with E-state index < -0.39 is 22.2 Å². The Morgan fingerprint density at radius 2 is 1.21 bits per heavy atom. The number of hydrogen-bond donors (Lipinski definition) is 1. The van der Waals surface area contributed by atoms with Gasteiger partial charge in [-0.25, -0.2) is 0 Å². The van der Waals surface area contributed by atoms with Gasteiger partial charge >= 0.3 is 0 Å². The number of aliphatic hydroxyl groups excluding tert-OH is 1. The molecule has 312 valence electrons. The van der Waals surface area contributed by atoms with E-state index in [-0.39, 0.29) is 28.2 Å². The Bertz CT molecular complexity index is 1810. The van der Waals surface area contributed by atoms with Gasteiger partial charge in [0.1, 0.15) is 0 Å². The lowest BCUT2D eigenvalue weighted by Crippen LogP contribution is -2.69. The van der Waals surface area contributed by atoms with Gasteiger partial charge in [-0.05, 0) is 95.2 Å². The summed E-state index contributed by atoms with van der Waals surface area (Å²) >= 11 is 0. The van der Waals surface area contributed by atoms with Crippen LogP contribution < -0.4 is 20.7 Å². The number of benzene rings is 4. The zero-order chi connectivity index (χ0) is 42.0. The molecule has 4 aromatic rings. The number of allylic oxidation sites excluding steroid dienone is 1. The van der Waals surface area contributed by atoms with Gasteiger partial charge in [-0.3, -0.25) is 0 Å². The average Bonchev–Trinajstić information content (AvgIpc) is 3.35. The van der Waals surface area contributed by atoms with Crippen LogP contribution in [0.25, 0.3) is 0 Å². The molecular formula is C52H72O4Si2. The normalized spacial score (nSPS) is 20.0. The van der Waals surface area contributed by atoms with Crippen molar-refractivity contribution in [1.29, 1.82) is 0 Å². The van der Waals surface area contributed by atoms with E-state index in [0.717, 1.165) is 32.1 Å². The van der Waals surface area contributed by atoms with E-state index in [2.05, 4.69) is 203 Å². The van der Waals surface area contributed by atoms with Crippen molar-refractivity contribution in [2.45, 2.75) is 136 Å². The Kier molecular flexibility index (Phi) is 15.6. The Hall–Kier alpha value is -3.37. The maximum absolute atomic E-state index is 11.0. The molecule has 4 aromatic carbocycles. The predicted octanol–water partition coefficient (Wildman–Crippen LogP) is 10.5. The first-order valence-electron chi connectivity index (χ1n) is 21.7. The van der Waals surface area contributed by atoms with Crippen LogP contribution in [-0.2, 0) is 13.6 Å². The van der Waals surface area contributed by atoms with Gasteiger partial charge in [-0.1, -0.05) is 194 Å². The first-order valence-corrected chi connectivity index (χ1v) is 25.5. The Balaban J connectivity index is 1.50. The van der Waals surface area contributed by atoms with Crippen molar-refractivity contribution in [3.05, 3.63) is 145 Å². The quantitative estimate of drug-likeness (QED) is 0.0904. The predicted molar refractivity (Wildman–Crippen MR) is 251 cm³/mol. The molecule has 0 aromatic heterocycles. The standard InChI is InChI=1S/C52H72O4Si2/c1-41(2)33-35-48(53)42(3)24-23-38-52(10)49(56-58(51(7,8)9,46-29-19-13-20-30-46)47-31-21-14-22-32-47)36-34-43(40-54-52)37-39-55-57(50(4,5)6,44-25-15-11-16-26-44)45-27-17-12-18-28-45/h11-22,25-33,37,42,48-49,53H,23-24,34-36,38-40H2,1-10H3/t42?,48?,49-,52+/m1/s1. The molecule has 6 heteroatoms. The number of aliphatic hydroxyl groups is 1. The molecule has 0 amide bonds. The van der Waals surface area contributed by atoms with E-state index in [4.69, 9.17) is 13.6 Å². The van der Waals surface area contributed by atoms with Crippen molar-refractivity contribution in [3.63, 3.8) is 0 Å². The molecule has 0 bridgehead atoms. The second-order valence-electron chi connectivity index (χ2n) is 19.2. The van der Waals surface area contributed by atoms with Gasteiger partial charge < -0.3 is 18.7 Å². The lowest BCUT2D eigenvalue weighted by molar-refractivity contribution is -0.0983. The summed E-state index contributed by atoms with van der Waals surface area (Å²) in [5, 5.41) is 15.9. The van der Waals surface area contributed by atoms with Crippen molar-refractivity contribution in [1.82, 2.24) is 0 Å². The van der Waals surface area contributed by atoms with Crippen LogP contribution in [0.1, 0.15) is 108 Å². The fourth-order valence-corrected chi connectivity index (χ4v) is 18.4. The van der Waals surface area contributed by atoms with Crippen LogP contribution in [0.5, 0.6) is 0 Å². The molecule has 0 radical (unpaired) electrons. The summed E-state index contributed by atoms with van der Waals surface area (Å²) in [7, 11) is -5.58. The summed E-state index contributed by atoms with van der Waals surface area (Å²) in [5.41, 5.74) is 1.98. The minimum atomic E-state index is -2.88. The third kappa shape index (κ3) is 10.5. The molecule has 1 heterocycles. The highest BCUT2D eigenvalue weighted by Crippen LogP contribution is 2.43. The van der Waals surface area contributed by atoms with Crippen LogP contribution >= 0.6 is 0 Å². The van der Waals surface area contributed by atoms with Crippen molar-refractivity contribution in [3.8, 4) is 0 Å². The highest BCUT2D eigenvalue weighted by Gasteiger charge is 2.54. The van der Waals surface area contributed by atoms with Crippen LogP contribution in [0, 0.1) is 5.92 Å². The molecule has 0 spiro atoms. The van der Waals surface area contributed by atoms with Crippen LogP contribution in [0.4, 0.5) is 0 Å². The largest absolute Gasteiger partial charge is 0.404 e. The first kappa shape index (κ1) is 45.7. The smallest absolute Gasteiger partial charge is 0.261 e. The zero-order valence-corrected chi connectivity index (χ0v) is 39.3. The van der Waals surface area contributed by atoms with Gasteiger partial charge in [0, 0.05) is 0 Å². The minimum Gasteiger partial charge on any atom is -0.404 e. The van der Waals surface area contributed by atoms with E-state index >= 15 is 0 Å². The summed E-state index contributed by atoms with van der Waals surface area (Å²) in [6.07, 6.45) is 9.11. The van der Waals surface area contributed by atoms with Crippen LogP contribution in [0.15, 0.2) is 145 Å². The minimum absolute atomic E-state index is 0.0994. The highest BCUT2D eigenvalue weighted by molar-refractivity contribution is 7.00. The van der Waals surface area contributed by atoms with Crippen molar-refractivity contribution >= 4 is 37.4 Å². The summed E-state index contributed by atoms with van der Waals surface area (Å²) < 4.78 is 22.5. The molecule has 0 saturated carbocycles. The summed E-state index contributed by atoms with van der Waals surface area (Å²) in [4.78, 5) is 0. The molecule has 58 heavy (non-hydrogen) atoms. The van der Waals surface area contributed by atoms with Crippen LogP contribution in [0.3, 0.4) is 0 Å². The fourth-order valence-electron chi connectivity index (χ4n) is 9.13. The average molecular weight is 817 g/mol. The van der Waals surface area contributed by atoms with Gasteiger partial charge in [-0.15, -0.1) is 0 Å². The first-order chi connectivity index (χ1) is 27.5. The van der Waals surface area contributed by atoms with E-state index in [1.165, 1.54) is 31.9 Å². The second kappa shape index (κ2) is 19.8. The van der Waals surface area contributed by atoms with Gasteiger partial charge in [0.05, 0.1) is 31.0 Å². The third-order valence-corrected chi connectivity index (χ3v) is 22.6. The van der Waals surface area contributed by atoms with Gasteiger partial charge in [0.25, 0.3) is 16.6 Å². The van der Waals surface area contributed by atoms with Crippen molar-refractivity contribution in [2.24, 2.45) is 5.92 Å². The maximum Gasteiger partial charge on any atom is 0.261 e. The Labute approximate surface area is 354 Å². The molecular weight excluding hydrogens is 745 g/mol. The third-order valence-electron chi connectivity index (χ3n) is 12.6. The molecule has 1 fully saturated rings. The lowest BCUT2D eigenvalue weighted by Gasteiger charge is -2.48. The number of hydrogen-bond acceptors (Lipinski definition) is 4. The molecule has 0 aliphatic carbocycles. The Morgan fingerprint density at radius 3 is 1.64 bits per heavy atom. The van der Waals surface area contributed by atoms with Crippen LogP contribution in [0.2, 0.25) is 10.1 Å². The maximum atomic E-state index is 11.0. The highest BCUT2D eigenvalue weighted by atomic mass is 28.4. The molecule has 2 unspecified atom stereocenters. The Morgan fingerprint density at radius 1 is 0.759 bits per heavy atom. The van der Waals surface area contributed by atoms with E-state index in [1.807, 2.05) is 0 Å². The van der Waals surface area contributed by atoms with Crippen molar-refractivity contribution in [2.75, 3.05) is 13.2 Å². The molecule has 4 nitrogen and oxygen atoms in total. The van der Waals surface area contributed by atoms with Gasteiger partial charge in [-0.2, -0.15) is 0 Å². The lowest BCUT2D eigenvalue weighted by atomic mass is 9.87. The molecule has 1 aliphatic heterocycles. The topological polar surface area (TPSA) is 47.9 Å². The summed E-state index contributed by atoms with van der Waals surface area (Å²) in [5.74, 6) is 0.190. The second-order valence-corrected chi connectivity index (χ2v) is 27.8. The molecule has 4 atom stereocenters. The molecule has 5 rings (SSSR count). The van der Waals surface area contributed by atoms with Gasteiger partial charge in [0.2, 0.25) is 0 Å². The molecule has 1 aliphatic rings. The van der Waals surface area contributed by atoms with E-state index in [9.17, 15) is 5.11 Å².